The normalized spacial score (nSPS) is 14.2. The molecule has 0 unspecified atom stereocenters. The molecule has 0 atom stereocenters. The van der Waals surface area contributed by atoms with Gasteiger partial charge in [0.05, 0.1) is 11.1 Å². The van der Waals surface area contributed by atoms with Gasteiger partial charge in [0.25, 0.3) is 11.8 Å². The minimum absolute atomic E-state index is 0.127. The van der Waals surface area contributed by atoms with Gasteiger partial charge >= 0.3 is 0 Å². The van der Waals surface area contributed by atoms with E-state index in [1.54, 1.807) is 24.3 Å². The molecular weight excluding hydrogens is 380 g/mol. The lowest BCUT2D eigenvalue weighted by atomic mass is 10.0. The number of anilines is 1. The molecule has 2 amide bonds. The molecule has 30 heavy (non-hydrogen) atoms. The van der Waals surface area contributed by atoms with E-state index in [1.165, 1.54) is 0 Å². The molecule has 0 saturated carbocycles. The number of benzene rings is 1. The van der Waals surface area contributed by atoms with Crippen molar-refractivity contribution in [2.75, 3.05) is 31.5 Å². The first-order chi connectivity index (χ1) is 14.4. The predicted octanol–water partition coefficient (Wildman–Crippen LogP) is 3.01. The second-order valence-electron chi connectivity index (χ2n) is 7.38. The Morgan fingerprint density at radius 2 is 1.93 bits per heavy atom. The van der Waals surface area contributed by atoms with Gasteiger partial charge in [0.15, 0.2) is 0 Å². The van der Waals surface area contributed by atoms with Gasteiger partial charge in [-0.1, -0.05) is 13.8 Å². The van der Waals surface area contributed by atoms with Crippen molar-refractivity contribution in [1.82, 2.24) is 15.2 Å². The Morgan fingerprint density at radius 3 is 2.60 bits per heavy atom. The van der Waals surface area contributed by atoms with E-state index in [-0.39, 0.29) is 11.8 Å². The first-order valence-corrected chi connectivity index (χ1v) is 10.2. The Balaban J connectivity index is 1.85. The lowest BCUT2D eigenvalue weighted by molar-refractivity contribution is -0.110. The maximum atomic E-state index is 12.8. The standard InChI is InChI=1S/C23H28N4O3/c1-5-27(6-2)10-9-24-23(30)21-14(3)20(25-15(21)4)12-18-17-11-16(13-28)7-8-19(17)26-22(18)29/h7-8,11-13,25H,5-6,9-10H2,1-4H3,(H,24,30)(H,26,29)/b18-12-. The molecule has 0 saturated heterocycles. The van der Waals surface area contributed by atoms with Crippen LogP contribution in [0, 0.1) is 13.8 Å². The minimum atomic E-state index is -0.232. The number of carbonyl (C=O) groups excluding carboxylic acids is 3. The summed E-state index contributed by atoms with van der Waals surface area (Å²) in [4.78, 5) is 41.8. The van der Waals surface area contributed by atoms with E-state index in [0.717, 1.165) is 37.2 Å². The quantitative estimate of drug-likeness (QED) is 0.462. The molecule has 3 N–H and O–H groups in total. The topological polar surface area (TPSA) is 94.3 Å². The average Bonchev–Trinajstić information content (AvgIpc) is 3.20. The molecule has 1 aliphatic rings. The van der Waals surface area contributed by atoms with Crippen molar-refractivity contribution in [3.8, 4) is 0 Å². The Bertz CT molecular complexity index is 1020. The summed E-state index contributed by atoms with van der Waals surface area (Å²) < 4.78 is 0. The molecule has 3 rings (SSSR count). The number of aryl methyl sites for hydroxylation is 1. The Hall–Kier alpha value is -3.19. The number of H-pyrrole nitrogens is 1. The summed E-state index contributed by atoms with van der Waals surface area (Å²) >= 11 is 0. The van der Waals surface area contributed by atoms with Crippen molar-refractivity contribution in [3.63, 3.8) is 0 Å². The zero-order chi connectivity index (χ0) is 21.8. The minimum Gasteiger partial charge on any atom is -0.358 e. The zero-order valence-electron chi connectivity index (χ0n) is 17.9. The summed E-state index contributed by atoms with van der Waals surface area (Å²) in [5, 5.41) is 5.80. The maximum absolute atomic E-state index is 12.8. The van der Waals surface area contributed by atoms with Crippen LogP contribution < -0.4 is 10.6 Å². The van der Waals surface area contributed by atoms with Crippen LogP contribution in [0.5, 0.6) is 0 Å². The Labute approximate surface area is 176 Å². The molecular formula is C23H28N4O3. The molecule has 0 bridgehead atoms. The SMILES string of the molecule is CCN(CC)CCNC(=O)c1c(C)[nH]c(/C=C2\C(=O)Nc3ccc(C=O)cc32)c1C. The molecule has 1 aliphatic heterocycles. The van der Waals surface area contributed by atoms with Crippen LogP contribution in [0.4, 0.5) is 5.69 Å². The molecule has 7 nitrogen and oxygen atoms in total. The fourth-order valence-electron chi connectivity index (χ4n) is 3.78. The van der Waals surface area contributed by atoms with Crippen molar-refractivity contribution in [2.45, 2.75) is 27.7 Å². The largest absolute Gasteiger partial charge is 0.358 e. The molecule has 0 aliphatic carbocycles. The second-order valence-corrected chi connectivity index (χ2v) is 7.38. The molecule has 2 aromatic rings. The Morgan fingerprint density at radius 1 is 1.20 bits per heavy atom. The number of carbonyl (C=O) groups is 3. The zero-order valence-corrected chi connectivity index (χ0v) is 17.9. The van der Waals surface area contributed by atoms with Gasteiger partial charge in [-0.15, -0.1) is 0 Å². The first-order valence-electron chi connectivity index (χ1n) is 10.2. The highest BCUT2D eigenvalue weighted by atomic mass is 16.2. The van der Waals surface area contributed by atoms with E-state index in [0.29, 0.717) is 40.2 Å². The highest BCUT2D eigenvalue weighted by Gasteiger charge is 2.26. The average molecular weight is 409 g/mol. The van der Waals surface area contributed by atoms with Gasteiger partial charge in [0.1, 0.15) is 6.29 Å². The van der Waals surface area contributed by atoms with Gasteiger partial charge < -0.3 is 20.5 Å². The lowest BCUT2D eigenvalue weighted by Crippen LogP contribution is -2.35. The third kappa shape index (κ3) is 4.21. The monoisotopic (exact) mass is 408 g/mol. The summed E-state index contributed by atoms with van der Waals surface area (Å²) in [6, 6.07) is 5.08. The van der Waals surface area contributed by atoms with Crippen LogP contribution in [0.15, 0.2) is 18.2 Å². The second kappa shape index (κ2) is 9.09. The van der Waals surface area contributed by atoms with E-state index in [9.17, 15) is 14.4 Å². The highest BCUT2D eigenvalue weighted by Crippen LogP contribution is 2.34. The van der Waals surface area contributed by atoms with Crippen LogP contribution in [-0.4, -0.2) is 54.2 Å². The van der Waals surface area contributed by atoms with Crippen molar-refractivity contribution in [1.29, 1.82) is 0 Å². The van der Waals surface area contributed by atoms with Crippen LogP contribution in [0.2, 0.25) is 0 Å². The number of aromatic amines is 1. The summed E-state index contributed by atoms with van der Waals surface area (Å²) in [5.74, 6) is -0.359. The molecule has 0 spiro atoms. The molecule has 0 radical (unpaired) electrons. The number of amides is 2. The molecule has 7 heteroatoms. The van der Waals surface area contributed by atoms with Gasteiger partial charge in [-0.05, 0) is 56.8 Å². The number of nitrogens with zero attached hydrogens (tertiary/aromatic N) is 1. The molecule has 1 aromatic carbocycles. The number of nitrogens with one attached hydrogen (secondary N) is 3. The van der Waals surface area contributed by atoms with Gasteiger partial charge in [-0.3, -0.25) is 14.4 Å². The van der Waals surface area contributed by atoms with Gasteiger partial charge in [-0.2, -0.15) is 0 Å². The van der Waals surface area contributed by atoms with Crippen molar-refractivity contribution in [3.05, 3.63) is 51.8 Å². The van der Waals surface area contributed by atoms with E-state index < -0.39 is 0 Å². The van der Waals surface area contributed by atoms with E-state index in [1.807, 2.05) is 13.8 Å². The van der Waals surface area contributed by atoms with Crippen LogP contribution in [0.25, 0.3) is 11.6 Å². The van der Waals surface area contributed by atoms with Crippen LogP contribution in [-0.2, 0) is 4.79 Å². The summed E-state index contributed by atoms with van der Waals surface area (Å²) in [6.45, 7) is 11.2. The number of aromatic nitrogens is 1. The smallest absolute Gasteiger partial charge is 0.256 e. The van der Waals surface area contributed by atoms with Gasteiger partial charge in [0.2, 0.25) is 0 Å². The third-order valence-electron chi connectivity index (χ3n) is 5.56. The van der Waals surface area contributed by atoms with Crippen molar-refractivity contribution >= 4 is 35.4 Å². The summed E-state index contributed by atoms with van der Waals surface area (Å²) in [5.41, 5.74) is 5.16. The number of fused-ring (bicyclic) bond motifs is 1. The number of hydrogen-bond donors (Lipinski definition) is 3. The van der Waals surface area contributed by atoms with Crippen LogP contribution >= 0.6 is 0 Å². The summed E-state index contributed by atoms with van der Waals surface area (Å²) in [6.07, 6.45) is 2.50. The molecule has 158 valence electrons. The maximum Gasteiger partial charge on any atom is 0.256 e. The van der Waals surface area contributed by atoms with E-state index in [2.05, 4.69) is 34.4 Å². The van der Waals surface area contributed by atoms with E-state index >= 15 is 0 Å². The first kappa shape index (κ1) is 21.5. The van der Waals surface area contributed by atoms with Gasteiger partial charge in [0, 0.05) is 41.3 Å². The van der Waals surface area contributed by atoms with Gasteiger partial charge in [-0.25, -0.2) is 0 Å². The fourth-order valence-corrected chi connectivity index (χ4v) is 3.78. The molecule has 1 aromatic heterocycles. The van der Waals surface area contributed by atoms with Crippen LogP contribution in [0.3, 0.4) is 0 Å². The summed E-state index contributed by atoms with van der Waals surface area (Å²) in [7, 11) is 0. The number of rotatable bonds is 8. The molecule has 0 fully saturated rings. The lowest BCUT2D eigenvalue weighted by Gasteiger charge is -2.18. The number of aldehydes is 1. The fraction of sp³-hybridized carbons (Fsp3) is 0.348. The number of likely N-dealkylation sites (N-methyl/N-ethyl adjacent to an activating group) is 1. The highest BCUT2D eigenvalue weighted by molar-refractivity contribution is 6.35. The number of hydrogen-bond acceptors (Lipinski definition) is 4. The molecule has 2 heterocycles. The van der Waals surface area contributed by atoms with Crippen molar-refractivity contribution in [2.24, 2.45) is 0 Å². The van der Waals surface area contributed by atoms with E-state index in [4.69, 9.17) is 0 Å². The Kier molecular flexibility index (Phi) is 6.52. The van der Waals surface area contributed by atoms with Crippen LogP contribution in [0.1, 0.15) is 57.1 Å². The third-order valence-corrected chi connectivity index (χ3v) is 5.56. The predicted molar refractivity (Wildman–Crippen MR) is 119 cm³/mol. The van der Waals surface area contributed by atoms with Crippen molar-refractivity contribution < 1.29 is 14.4 Å².